The van der Waals surface area contributed by atoms with Crippen molar-refractivity contribution in [3.8, 4) is 10.9 Å². The van der Waals surface area contributed by atoms with E-state index in [1.807, 2.05) is 42.5 Å². The third kappa shape index (κ3) is 4.54. The van der Waals surface area contributed by atoms with Gasteiger partial charge in [0.05, 0.1) is 15.1 Å². The number of benzene rings is 2. The van der Waals surface area contributed by atoms with Gasteiger partial charge < -0.3 is 14.8 Å². The van der Waals surface area contributed by atoms with Gasteiger partial charge in [-0.25, -0.2) is 4.98 Å². The number of nitrogens with one attached hydrogen (secondary N) is 1. The second kappa shape index (κ2) is 8.60. The van der Waals surface area contributed by atoms with Crippen LogP contribution in [0.4, 0.5) is 0 Å². The zero-order chi connectivity index (χ0) is 19.5. The van der Waals surface area contributed by atoms with Crippen molar-refractivity contribution in [2.45, 2.75) is 0 Å². The van der Waals surface area contributed by atoms with Gasteiger partial charge >= 0.3 is 0 Å². The fraction of sp³-hybridized carbons (Fsp3) is 0.105. The molecule has 0 saturated carbocycles. The fourth-order valence-electron chi connectivity index (χ4n) is 2.52. The van der Waals surface area contributed by atoms with Crippen molar-refractivity contribution >= 4 is 77.8 Å². The average Bonchev–Trinajstić information content (AvgIpc) is 3.22. The topological polar surface area (TPSA) is 60.5 Å². The molecule has 2 heterocycles. The molecule has 1 aromatic heterocycles. The highest BCUT2D eigenvalue weighted by Gasteiger charge is 2.22. The molecule has 1 N–H and O–H groups in total. The van der Waals surface area contributed by atoms with E-state index in [1.54, 1.807) is 6.08 Å². The van der Waals surface area contributed by atoms with Crippen LogP contribution in [0.2, 0.25) is 0 Å². The van der Waals surface area contributed by atoms with Gasteiger partial charge in [0.25, 0.3) is 11.1 Å². The van der Waals surface area contributed by atoms with E-state index in [0.29, 0.717) is 33.4 Å². The van der Waals surface area contributed by atoms with Crippen LogP contribution in [-0.2, 0) is 4.79 Å². The maximum Gasteiger partial charge on any atom is 0.274 e. The second-order valence-electron chi connectivity index (χ2n) is 5.68. The number of hydrogen-bond acceptors (Lipinski definition) is 7. The second-order valence-corrected chi connectivity index (χ2v) is 9.31. The largest absolute Gasteiger partial charge is 0.489 e. The molecule has 1 aliphatic heterocycles. The molecule has 1 amide bonds. The molecule has 1 fully saturated rings. The molecule has 142 valence electrons. The van der Waals surface area contributed by atoms with Gasteiger partial charge in [-0.05, 0) is 36.4 Å². The molecule has 28 heavy (non-hydrogen) atoms. The first-order valence-electron chi connectivity index (χ1n) is 8.24. The number of thiocarbonyl (C=S) groups is 1. The molecule has 0 aliphatic carbocycles. The number of thioether (sulfide) groups is 1. The van der Waals surface area contributed by atoms with Gasteiger partial charge in [-0.3, -0.25) is 4.79 Å². The van der Waals surface area contributed by atoms with Crippen LogP contribution in [0.25, 0.3) is 16.3 Å². The highest BCUT2D eigenvalue weighted by Crippen LogP contribution is 2.31. The summed E-state index contributed by atoms with van der Waals surface area (Å²) in [4.78, 5) is 16.9. The summed E-state index contributed by atoms with van der Waals surface area (Å²) in [6.07, 6.45) is 1.77. The van der Waals surface area contributed by atoms with Crippen LogP contribution in [0.5, 0.6) is 10.9 Å². The van der Waals surface area contributed by atoms with Crippen LogP contribution in [0.3, 0.4) is 0 Å². The number of ether oxygens (including phenoxy) is 2. The number of para-hydroxylation sites is 1. The van der Waals surface area contributed by atoms with Crippen molar-refractivity contribution in [3.05, 3.63) is 57.4 Å². The van der Waals surface area contributed by atoms with Crippen LogP contribution >= 0.6 is 51.2 Å². The Morgan fingerprint density at radius 1 is 1.18 bits per heavy atom. The molecule has 3 aromatic rings. The van der Waals surface area contributed by atoms with Crippen molar-refractivity contribution in [2.75, 3.05) is 13.2 Å². The number of carbonyl (C=O) groups is 1. The summed E-state index contributed by atoms with van der Waals surface area (Å²) in [6.45, 7) is 0.719. The predicted molar refractivity (Wildman–Crippen MR) is 121 cm³/mol. The van der Waals surface area contributed by atoms with Crippen molar-refractivity contribution in [1.29, 1.82) is 0 Å². The van der Waals surface area contributed by atoms with Gasteiger partial charge in [-0.2, -0.15) is 0 Å². The molecule has 2 aromatic carbocycles. The van der Waals surface area contributed by atoms with Crippen LogP contribution in [0, 0.1) is 0 Å². The van der Waals surface area contributed by atoms with Crippen molar-refractivity contribution in [2.24, 2.45) is 0 Å². The predicted octanol–water partition coefficient (Wildman–Crippen LogP) is 5.01. The molecule has 5 nitrogen and oxygen atoms in total. The fourth-order valence-corrected chi connectivity index (χ4v) is 4.77. The molecule has 1 saturated heterocycles. The number of hydrogen-bond donors (Lipinski definition) is 1. The Morgan fingerprint density at radius 2 is 2.00 bits per heavy atom. The van der Waals surface area contributed by atoms with E-state index in [9.17, 15) is 4.79 Å². The van der Waals surface area contributed by atoms with Gasteiger partial charge in [0.2, 0.25) is 0 Å². The molecular formula is C19H13BrN2O3S3. The Morgan fingerprint density at radius 3 is 2.79 bits per heavy atom. The number of amides is 1. The zero-order valence-corrected chi connectivity index (χ0v) is 18.3. The standard InChI is InChI=1S/C19H13BrN2O3S3/c20-12-5-6-14(11(9-12)10-16-17(23)22-19(26)28-16)24-7-8-25-18-21-13-3-1-2-4-15(13)27-18/h1-6,9-10H,7-8H2,(H,22,23,26). The first-order valence-corrected chi connectivity index (χ1v) is 11.1. The maximum absolute atomic E-state index is 11.9. The van der Waals surface area contributed by atoms with Gasteiger partial charge in [-0.15, -0.1) is 0 Å². The van der Waals surface area contributed by atoms with Crippen LogP contribution < -0.4 is 14.8 Å². The normalized spacial score (nSPS) is 15.2. The molecule has 0 atom stereocenters. The molecule has 4 rings (SSSR count). The Kier molecular flexibility index (Phi) is 5.96. The van der Waals surface area contributed by atoms with Crippen LogP contribution in [0.1, 0.15) is 5.56 Å². The van der Waals surface area contributed by atoms with Gasteiger partial charge in [0.1, 0.15) is 23.3 Å². The Labute approximate surface area is 183 Å². The van der Waals surface area contributed by atoms with E-state index in [4.69, 9.17) is 21.7 Å². The molecule has 0 radical (unpaired) electrons. The number of rotatable bonds is 6. The van der Waals surface area contributed by atoms with E-state index in [0.717, 1.165) is 20.3 Å². The quantitative estimate of drug-likeness (QED) is 0.296. The van der Waals surface area contributed by atoms with Gasteiger partial charge in [0, 0.05) is 10.0 Å². The van der Waals surface area contributed by atoms with Crippen molar-refractivity contribution < 1.29 is 14.3 Å². The summed E-state index contributed by atoms with van der Waals surface area (Å²) in [6, 6.07) is 13.5. The van der Waals surface area contributed by atoms with Gasteiger partial charge in [-0.1, -0.05) is 63.4 Å². The van der Waals surface area contributed by atoms with Crippen LogP contribution in [0.15, 0.2) is 51.8 Å². The highest BCUT2D eigenvalue weighted by atomic mass is 79.9. The lowest BCUT2D eigenvalue weighted by molar-refractivity contribution is -0.115. The number of nitrogens with zero attached hydrogens (tertiary/aromatic N) is 1. The Balaban J connectivity index is 1.41. The maximum atomic E-state index is 11.9. The number of carbonyl (C=O) groups excluding carboxylic acids is 1. The Bertz CT molecular complexity index is 1060. The van der Waals surface area contributed by atoms with Crippen molar-refractivity contribution in [1.82, 2.24) is 10.3 Å². The van der Waals surface area contributed by atoms with Gasteiger partial charge in [0.15, 0.2) is 0 Å². The average molecular weight is 493 g/mol. The van der Waals surface area contributed by atoms with E-state index in [1.165, 1.54) is 23.1 Å². The number of fused-ring (bicyclic) bond motifs is 1. The number of thiazole rings is 1. The minimum atomic E-state index is -0.194. The summed E-state index contributed by atoms with van der Waals surface area (Å²) in [5, 5.41) is 3.23. The van der Waals surface area contributed by atoms with E-state index < -0.39 is 0 Å². The summed E-state index contributed by atoms with van der Waals surface area (Å²) in [7, 11) is 0. The summed E-state index contributed by atoms with van der Waals surface area (Å²) >= 11 is 11.2. The monoisotopic (exact) mass is 492 g/mol. The third-order valence-electron chi connectivity index (χ3n) is 3.74. The lowest BCUT2D eigenvalue weighted by Crippen LogP contribution is -2.17. The molecule has 0 unspecified atom stereocenters. The third-order valence-corrected chi connectivity index (χ3v) is 6.35. The van der Waals surface area contributed by atoms with E-state index in [-0.39, 0.29) is 5.91 Å². The first-order chi connectivity index (χ1) is 13.6. The smallest absolute Gasteiger partial charge is 0.274 e. The van der Waals surface area contributed by atoms with Crippen LogP contribution in [-0.4, -0.2) is 28.4 Å². The molecule has 9 heteroatoms. The van der Waals surface area contributed by atoms with E-state index >= 15 is 0 Å². The molecular weight excluding hydrogens is 480 g/mol. The SMILES string of the molecule is O=C1NC(=S)SC1=Cc1cc(Br)ccc1OCCOc1nc2ccccc2s1. The lowest BCUT2D eigenvalue weighted by atomic mass is 10.2. The lowest BCUT2D eigenvalue weighted by Gasteiger charge is -2.10. The minimum Gasteiger partial charge on any atom is -0.489 e. The zero-order valence-electron chi connectivity index (χ0n) is 14.3. The molecule has 0 spiro atoms. The number of halogens is 1. The van der Waals surface area contributed by atoms with E-state index in [2.05, 4.69) is 26.2 Å². The summed E-state index contributed by atoms with van der Waals surface area (Å²) < 4.78 is 14.0. The minimum absolute atomic E-state index is 0.194. The first kappa shape index (κ1) is 19.4. The summed E-state index contributed by atoms with van der Waals surface area (Å²) in [5.41, 5.74) is 1.72. The molecule has 0 bridgehead atoms. The summed E-state index contributed by atoms with van der Waals surface area (Å²) in [5.74, 6) is 0.468. The number of aromatic nitrogens is 1. The Hall–Kier alpha value is -1.94. The van der Waals surface area contributed by atoms with Crippen molar-refractivity contribution in [3.63, 3.8) is 0 Å². The highest BCUT2D eigenvalue weighted by molar-refractivity contribution is 9.10. The molecule has 1 aliphatic rings.